The summed E-state index contributed by atoms with van der Waals surface area (Å²) in [5.74, 6) is -0.236. The lowest BCUT2D eigenvalue weighted by Gasteiger charge is -2.19. The lowest BCUT2D eigenvalue weighted by Crippen LogP contribution is -2.34. The maximum atomic E-state index is 12.7. The summed E-state index contributed by atoms with van der Waals surface area (Å²) < 4.78 is 51.9. The van der Waals surface area contributed by atoms with E-state index in [1.165, 1.54) is 15.6 Å². The van der Waals surface area contributed by atoms with Gasteiger partial charge in [0.05, 0.1) is 16.8 Å². The Kier molecular flexibility index (Phi) is 5.34. The van der Waals surface area contributed by atoms with Gasteiger partial charge in [0, 0.05) is 18.0 Å². The number of hydrogen-bond acceptors (Lipinski definition) is 5. The Hall–Kier alpha value is -1.22. The predicted molar refractivity (Wildman–Crippen MR) is 101 cm³/mol. The zero-order valence-corrected chi connectivity index (χ0v) is 16.4. The largest absolute Gasteiger partial charge is 0.228 e. The van der Waals surface area contributed by atoms with Crippen LogP contribution in [-0.2, 0) is 25.6 Å². The highest BCUT2D eigenvalue weighted by Gasteiger charge is 2.35. The quantitative estimate of drug-likeness (QED) is 0.793. The summed E-state index contributed by atoms with van der Waals surface area (Å²) >= 11 is 1.41. The van der Waals surface area contributed by atoms with Crippen molar-refractivity contribution in [3.8, 4) is 0 Å². The van der Waals surface area contributed by atoms with Gasteiger partial charge in [-0.25, -0.2) is 21.1 Å². The standard InChI is InChI=1S/C17H21NO4S3/c1-14-4-6-15(7-5-14)13-25(21,22)18-9-8-17(16-3-2-11-23-16)24(19,20)12-10-18/h2-7,11,17H,8-10,12-13H2,1H3. The highest BCUT2D eigenvalue weighted by Crippen LogP contribution is 2.33. The van der Waals surface area contributed by atoms with Crippen molar-refractivity contribution in [2.45, 2.75) is 24.3 Å². The molecule has 1 aliphatic rings. The molecule has 0 N–H and O–H groups in total. The lowest BCUT2D eigenvalue weighted by molar-refractivity contribution is 0.428. The van der Waals surface area contributed by atoms with Crippen LogP contribution in [-0.4, -0.2) is 40.0 Å². The third-order valence-electron chi connectivity index (χ3n) is 4.42. The number of thiophene rings is 1. The Balaban J connectivity index is 1.78. The lowest BCUT2D eigenvalue weighted by atomic mass is 10.2. The second kappa shape index (κ2) is 7.19. The number of sulfonamides is 1. The number of benzene rings is 1. The highest BCUT2D eigenvalue weighted by molar-refractivity contribution is 7.92. The summed E-state index contributed by atoms with van der Waals surface area (Å²) in [6.45, 7) is 2.21. The predicted octanol–water partition coefficient (Wildman–Crippen LogP) is 2.75. The molecule has 1 saturated heterocycles. The van der Waals surface area contributed by atoms with Gasteiger partial charge in [-0.15, -0.1) is 11.3 Å². The van der Waals surface area contributed by atoms with E-state index in [2.05, 4.69) is 0 Å². The van der Waals surface area contributed by atoms with Crippen molar-refractivity contribution >= 4 is 31.2 Å². The fourth-order valence-electron chi connectivity index (χ4n) is 2.98. The maximum absolute atomic E-state index is 12.7. The molecule has 136 valence electrons. The van der Waals surface area contributed by atoms with Crippen LogP contribution in [0, 0.1) is 6.92 Å². The van der Waals surface area contributed by atoms with Crippen LogP contribution in [0.25, 0.3) is 0 Å². The summed E-state index contributed by atoms with van der Waals surface area (Å²) in [6, 6.07) is 11.0. The molecule has 1 aliphatic heterocycles. The third kappa shape index (κ3) is 4.31. The Morgan fingerprint density at radius 3 is 2.52 bits per heavy atom. The molecule has 0 saturated carbocycles. The third-order valence-corrected chi connectivity index (χ3v) is 9.52. The van der Waals surface area contributed by atoms with E-state index in [-0.39, 0.29) is 24.6 Å². The molecule has 8 heteroatoms. The molecular formula is C17H21NO4S3. The molecule has 0 spiro atoms. The van der Waals surface area contributed by atoms with Crippen molar-refractivity contribution in [2.75, 3.05) is 18.8 Å². The molecule has 3 rings (SSSR count). The summed E-state index contributed by atoms with van der Waals surface area (Å²) in [5.41, 5.74) is 1.79. The van der Waals surface area contributed by atoms with Gasteiger partial charge in [0.1, 0.15) is 0 Å². The summed E-state index contributed by atoms with van der Waals surface area (Å²) in [4.78, 5) is 0.790. The first-order valence-corrected chi connectivity index (χ1v) is 12.3. The molecule has 5 nitrogen and oxygen atoms in total. The first-order valence-electron chi connectivity index (χ1n) is 8.06. The summed E-state index contributed by atoms with van der Waals surface area (Å²) in [5, 5.41) is 1.24. The number of hydrogen-bond donors (Lipinski definition) is 0. The van der Waals surface area contributed by atoms with Gasteiger partial charge in [-0.1, -0.05) is 35.9 Å². The molecule has 1 unspecified atom stereocenters. The summed E-state index contributed by atoms with van der Waals surface area (Å²) in [6.07, 6.45) is 0.302. The fourth-order valence-corrected chi connectivity index (χ4v) is 7.65. The summed E-state index contributed by atoms with van der Waals surface area (Å²) in [7, 11) is -6.89. The SMILES string of the molecule is Cc1ccc(CS(=O)(=O)N2CCC(c3cccs3)S(=O)(=O)CC2)cc1. The zero-order valence-electron chi connectivity index (χ0n) is 14.0. The number of nitrogens with zero attached hydrogens (tertiary/aromatic N) is 1. The van der Waals surface area contributed by atoms with Crippen LogP contribution in [0.2, 0.25) is 0 Å². The highest BCUT2D eigenvalue weighted by atomic mass is 32.2. The van der Waals surface area contributed by atoms with Gasteiger partial charge in [0.2, 0.25) is 10.0 Å². The molecule has 0 radical (unpaired) electrons. The van der Waals surface area contributed by atoms with Crippen LogP contribution >= 0.6 is 11.3 Å². The second-order valence-corrected chi connectivity index (χ2v) is 11.6. The van der Waals surface area contributed by atoms with Crippen LogP contribution in [0.4, 0.5) is 0 Å². The van der Waals surface area contributed by atoms with Crippen LogP contribution in [0.15, 0.2) is 41.8 Å². The number of sulfone groups is 1. The molecule has 1 aromatic heterocycles. The first kappa shape index (κ1) is 18.6. The monoisotopic (exact) mass is 399 g/mol. The Morgan fingerprint density at radius 2 is 1.88 bits per heavy atom. The average molecular weight is 400 g/mol. The molecule has 1 fully saturated rings. The van der Waals surface area contributed by atoms with Gasteiger partial charge in [-0.3, -0.25) is 0 Å². The van der Waals surface area contributed by atoms with Gasteiger partial charge in [0.15, 0.2) is 9.84 Å². The van der Waals surface area contributed by atoms with E-state index in [0.29, 0.717) is 12.0 Å². The van der Waals surface area contributed by atoms with Crippen LogP contribution in [0.5, 0.6) is 0 Å². The van der Waals surface area contributed by atoms with Gasteiger partial charge in [0.25, 0.3) is 0 Å². The molecule has 25 heavy (non-hydrogen) atoms. The maximum Gasteiger partial charge on any atom is 0.218 e. The second-order valence-electron chi connectivity index (χ2n) is 6.30. The van der Waals surface area contributed by atoms with Crippen LogP contribution < -0.4 is 0 Å². The van der Waals surface area contributed by atoms with Crippen molar-refractivity contribution in [2.24, 2.45) is 0 Å². The smallest absolute Gasteiger partial charge is 0.218 e. The topological polar surface area (TPSA) is 71.5 Å². The Morgan fingerprint density at radius 1 is 1.16 bits per heavy atom. The first-order chi connectivity index (χ1) is 11.8. The van der Waals surface area contributed by atoms with Crippen molar-refractivity contribution in [1.29, 1.82) is 0 Å². The molecule has 0 amide bonds. The minimum atomic E-state index is -3.54. The van der Waals surface area contributed by atoms with Crippen molar-refractivity contribution in [3.63, 3.8) is 0 Å². The zero-order chi connectivity index (χ0) is 18.1. The number of aryl methyl sites for hydroxylation is 1. The molecule has 2 aromatic rings. The van der Waals surface area contributed by atoms with E-state index in [1.54, 1.807) is 12.1 Å². The van der Waals surface area contributed by atoms with Gasteiger partial charge < -0.3 is 0 Å². The van der Waals surface area contributed by atoms with Crippen molar-refractivity contribution in [3.05, 3.63) is 57.8 Å². The van der Waals surface area contributed by atoms with E-state index in [4.69, 9.17) is 0 Å². The van der Waals surface area contributed by atoms with Gasteiger partial charge >= 0.3 is 0 Å². The minimum Gasteiger partial charge on any atom is -0.228 e. The van der Waals surface area contributed by atoms with E-state index in [0.717, 1.165) is 10.4 Å². The molecule has 0 aliphatic carbocycles. The number of rotatable bonds is 4. The van der Waals surface area contributed by atoms with Gasteiger partial charge in [-0.2, -0.15) is 0 Å². The van der Waals surface area contributed by atoms with E-state index in [1.807, 2.05) is 36.6 Å². The Labute approximate surface area is 153 Å². The van der Waals surface area contributed by atoms with Crippen molar-refractivity contribution in [1.82, 2.24) is 4.31 Å². The van der Waals surface area contributed by atoms with E-state index < -0.39 is 25.1 Å². The fraction of sp³-hybridized carbons (Fsp3) is 0.412. The minimum absolute atomic E-state index is 0.0262. The van der Waals surface area contributed by atoms with E-state index >= 15 is 0 Å². The van der Waals surface area contributed by atoms with Crippen LogP contribution in [0.1, 0.15) is 27.7 Å². The van der Waals surface area contributed by atoms with Crippen molar-refractivity contribution < 1.29 is 16.8 Å². The molecule has 1 aromatic carbocycles. The van der Waals surface area contributed by atoms with E-state index in [9.17, 15) is 16.8 Å². The molecule has 1 atom stereocenters. The molecular weight excluding hydrogens is 378 g/mol. The Bertz CT molecular complexity index is 917. The van der Waals surface area contributed by atoms with Gasteiger partial charge in [-0.05, 0) is 30.4 Å². The molecule has 2 heterocycles. The average Bonchev–Trinajstić information content (AvgIpc) is 3.00. The molecule has 0 bridgehead atoms. The van der Waals surface area contributed by atoms with Crippen LogP contribution in [0.3, 0.4) is 0 Å². The normalized spacial score (nSPS) is 21.7.